The van der Waals surface area contributed by atoms with Gasteiger partial charge in [0.15, 0.2) is 0 Å². The summed E-state index contributed by atoms with van der Waals surface area (Å²) in [6, 6.07) is 9.93. The SMILES string of the molecule is CCCNc1ncnc(Nc2ccc(CC#N)cc2)c1C. The van der Waals surface area contributed by atoms with Crippen molar-refractivity contribution in [3.8, 4) is 6.07 Å². The van der Waals surface area contributed by atoms with Gasteiger partial charge in [0.1, 0.15) is 18.0 Å². The fourth-order valence-corrected chi connectivity index (χ4v) is 1.93. The van der Waals surface area contributed by atoms with Gasteiger partial charge in [-0.25, -0.2) is 9.97 Å². The number of rotatable bonds is 6. The first-order chi connectivity index (χ1) is 10.2. The molecule has 0 saturated carbocycles. The number of hydrogen-bond donors (Lipinski definition) is 2. The summed E-state index contributed by atoms with van der Waals surface area (Å²) in [4.78, 5) is 8.54. The molecule has 21 heavy (non-hydrogen) atoms. The van der Waals surface area contributed by atoms with E-state index in [4.69, 9.17) is 5.26 Å². The van der Waals surface area contributed by atoms with Gasteiger partial charge in [-0.2, -0.15) is 5.26 Å². The van der Waals surface area contributed by atoms with Gasteiger partial charge in [-0.15, -0.1) is 0 Å². The molecule has 1 aromatic heterocycles. The molecule has 0 amide bonds. The van der Waals surface area contributed by atoms with E-state index in [1.807, 2.05) is 31.2 Å². The Morgan fingerprint density at radius 3 is 2.52 bits per heavy atom. The molecule has 108 valence electrons. The molecule has 0 aliphatic heterocycles. The van der Waals surface area contributed by atoms with E-state index >= 15 is 0 Å². The molecule has 2 N–H and O–H groups in total. The first kappa shape index (κ1) is 14.8. The number of hydrogen-bond acceptors (Lipinski definition) is 5. The Hall–Kier alpha value is -2.61. The molecule has 0 radical (unpaired) electrons. The molecule has 0 bridgehead atoms. The van der Waals surface area contributed by atoms with Gasteiger partial charge in [-0.3, -0.25) is 0 Å². The van der Waals surface area contributed by atoms with E-state index in [0.717, 1.165) is 41.4 Å². The Kier molecular flexibility index (Phi) is 5.10. The van der Waals surface area contributed by atoms with Crippen LogP contribution in [0, 0.1) is 18.3 Å². The largest absolute Gasteiger partial charge is 0.370 e. The Morgan fingerprint density at radius 1 is 1.14 bits per heavy atom. The quantitative estimate of drug-likeness (QED) is 0.848. The lowest BCUT2D eigenvalue weighted by Crippen LogP contribution is -2.06. The van der Waals surface area contributed by atoms with Gasteiger partial charge in [-0.1, -0.05) is 19.1 Å². The van der Waals surface area contributed by atoms with E-state index in [0.29, 0.717) is 6.42 Å². The van der Waals surface area contributed by atoms with Crippen LogP contribution in [-0.2, 0) is 6.42 Å². The van der Waals surface area contributed by atoms with Crippen LogP contribution >= 0.6 is 0 Å². The Labute approximate surface area is 125 Å². The van der Waals surface area contributed by atoms with Crippen molar-refractivity contribution < 1.29 is 0 Å². The van der Waals surface area contributed by atoms with Crippen molar-refractivity contribution in [2.45, 2.75) is 26.7 Å². The molecule has 1 heterocycles. The van der Waals surface area contributed by atoms with Crippen LogP contribution in [0.1, 0.15) is 24.5 Å². The summed E-state index contributed by atoms with van der Waals surface area (Å²) < 4.78 is 0. The normalized spacial score (nSPS) is 9.95. The molecule has 2 rings (SSSR count). The van der Waals surface area contributed by atoms with E-state index in [9.17, 15) is 0 Å². The third-order valence-corrected chi connectivity index (χ3v) is 3.13. The van der Waals surface area contributed by atoms with Crippen molar-refractivity contribution in [3.05, 3.63) is 41.7 Å². The third-order valence-electron chi connectivity index (χ3n) is 3.13. The van der Waals surface area contributed by atoms with E-state index in [-0.39, 0.29) is 0 Å². The monoisotopic (exact) mass is 281 g/mol. The minimum absolute atomic E-state index is 0.428. The van der Waals surface area contributed by atoms with Crippen LogP contribution in [0.5, 0.6) is 0 Å². The average molecular weight is 281 g/mol. The Morgan fingerprint density at radius 2 is 1.86 bits per heavy atom. The van der Waals surface area contributed by atoms with Gasteiger partial charge < -0.3 is 10.6 Å². The molecule has 1 aromatic carbocycles. The molecular weight excluding hydrogens is 262 g/mol. The molecule has 0 atom stereocenters. The van der Waals surface area contributed by atoms with Crippen molar-refractivity contribution in [2.75, 3.05) is 17.2 Å². The smallest absolute Gasteiger partial charge is 0.138 e. The summed E-state index contributed by atoms with van der Waals surface area (Å²) in [6.07, 6.45) is 3.03. The second-order valence-electron chi connectivity index (χ2n) is 4.78. The van der Waals surface area contributed by atoms with E-state index < -0.39 is 0 Å². The number of anilines is 3. The third kappa shape index (κ3) is 3.93. The number of nitrogens with one attached hydrogen (secondary N) is 2. The number of benzene rings is 1. The van der Waals surface area contributed by atoms with Crippen LogP contribution in [-0.4, -0.2) is 16.5 Å². The van der Waals surface area contributed by atoms with Crippen molar-refractivity contribution in [3.63, 3.8) is 0 Å². The maximum Gasteiger partial charge on any atom is 0.138 e. The summed E-state index contributed by atoms with van der Waals surface area (Å²) in [5.74, 6) is 1.65. The average Bonchev–Trinajstić information content (AvgIpc) is 2.50. The molecule has 2 aromatic rings. The van der Waals surface area contributed by atoms with Crippen LogP contribution in [0.3, 0.4) is 0 Å². The highest BCUT2D eigenvalue weighted by Gasteiger charge is 2.06. The minimum Gasteiger partial charge on any atom is -0.370 e. The summed E-state index contributed by atoms with van der Waals surface area (Å²) in [6.45, 7) is 5.00. The number of nitriles is 1. The molecule has 5 heteroatoms. The molecule has 0 spiro atoms. The van der Waals surface area contributed by atoms with Gasteiger partial charge >= 0.3 is 0 Å². The first-order valence-electron chi connectivity index (χ1n) is 7.03. The summed E-state index contributed by atoms with van der Waals surface area (Å²) in [7, 11) is 0. The summed E-state index contributed by atoms with van der Waals surface area (Å²) in [5.41, 5.74) is 2.94. The topological polar surface area (TPSA) is 73.6 Å². The first-order valence-corrected chi connectivity index (χ1v) is 7.03. The van der Waals surface area contributed by atoms with E-state index in [2.05, 4.69) is 33.6 Å². The standard InChI is InChI=1S/C16H19N5/c1-3-10-18-15-12(2)16(20-11-19-15)21-14-6-4-13(5-7-14)8-9-17/h4-7,11H,3,8,10H2,1-2H3,(H2,18,19,20,21). The van der Waals surface area contributed by atoms with E-state index in [1.54, 1.807) is 6.33 Å². The zero-order valence-corrected chi connectivity index (χ0v) is 12.3. The van der Waals surface area contributed by atoms with Crippen molar-refractivity contribution in [2.24, 2.45) is 0 Å². The van der Waals surface area contributed by atoms with Crippen LogP contribution in [0.15, 0.2) is 30.6 Å². The molecule has 0 fully saturated rings. The second kappa shape index (κ2) is 7.25. The van der Waals surface area contributed by atoms with Crippen LogP contribution < -0.4 is 10.6 Å². The predicted molar refractivity (Wildman–Crippen MR) is 84.6 cm³/mol. The van der Waals surface area contributed by atoms with Gasteiger partial charge in [0.2, 0.25) is 0 Å². The highest BCUT2D eigenvalue weighted by molar-refractivity contribution is 5.64. The van der Waals surface area contributed by atoms with E-state index in [1.165, 1.54) is 0 Å². The molecule has 0 aliphatic carbocycles. The molecule has 5 nitrogen and oxygen atoms in total. The Balaban J connectivity index is 2.13. The maximum atomic E-state index is 8.67. The van der Waals surface area contributed by atoms with Gasteiger partial charge in [0.05, 0.1) is 12.5 Å². The summed E-state index contributed by atoms with van der Waals surface area (Å²) in [5, 5.41) is 15.2. The molecule has 0 aliphatic rings. The van der Waals surface area contributed by atoms with Crippen molar-refractivity contribution in [1.29, 1.82) is 5.26 Å². The lowest BCUT2D eigenvalue weighted by atomic mass is 10.1. The fourth-order valence-electron chi connectivity index (χ4n) is 1.93. The second-order valence-corrected chi connectivity index (χ2v) is 4.78. The fraction of sp³-hybridized carbons (Fsp3) is 0.312. The lowest BCUT2D eigenvalue weighted by Gasteiger charge is -2.12. The van der Waals surface area contributed by atoms with Crippen molar-refractivity contribution >= 4 is 17.3 Å². The zero-order chi connectivity index (χ0) is 15.1. The van der Waals surface area contributed by atoms with Gasteiger partial charge in [0.25, 0.3) is 0 Å². The van der Waals surface area contributed by atoms with Gasteiger partial charge in [-0.05, 0) is 31.0 Å². The number of aromatic nitrogens is 2. The summed E-state index contributed by atoms with van der Waals surface area (Å²) >= 11 is 0. The van der Waals surface area contributed by atoms with Gasteiger partial charge in [0, 0.05) is 17.8 Å². The van der Waals surface area contributed by atoms with Crippen LogP contribution in [0.2, 0.25) is 0 Å². The van der Waals surface area contributed by atoms with Crippen LogP contribution in [0.4, 0.5) is 17.3 Å². The zero-order valence-electron chi connectivity index (χ0n) is 12.3. The molecule has 0 unspecified atom stereocenters. The highest BCUT2D eigenvalue weighted by atomic mass is 15.1. The molecular formula is C16H19N5. The molecule has 0 saturated heterocycles. The number of nitrogens with zero attached hydrogens (tertiary/aromatic N) is 3. The minimum atomic E-state index is 0.428. The van der Waals surface area contributed by atoms with Crippen LogP contribution in [0.25, 0.3) is 0 Å². The highest BCUT2D eigenvalue weighted by Crippen LogP contribution is 2.22. The lowest BCUT2D eigenvalue weighted by molar-refractivity contribution is 0.960. The predicted octanol–water partition coefficient (Wildman–Crippen LogP) is 3.42. The Bertz CT molecular complexity index is 628. The maximum absolute atomic E-state index is 8.67. The van der Waals surface area contributed by atoms with Crippen molar-refractivity contribution in [1.82, 2.24) is 9.97 Å².